The number of carbonyl (C=O) groups is 2. The fourth-order valence-electron chi connectivity index (χ4n) is 2.59. The average molecular weight is 340 g/mol. The molecule has 0 bridgehead atoms. The van der Waals surface area contributed by atoms with Gasteiger partial charge in [0.2, 0.25) is 15.9 Å². The molecule has 1 saturated heterocycles. The summed E-state index contributed by atoms with van der Waals surface area (Å²) in [5.41, 5.74) is 0. The summed E-state index contributed by atoms with van der Waals surface area (Å²) >= 11 is 0. The Kier molecular flexibility index (Phi) is 5.73. The molecule has 1 aromatic carbocycles. The zero-order valence-corrected chi connectivity index (χ0v) is 13.5. The smallest absolute Gasteiger partial charge is 0.303 e. The molecule has 1 heterocycles. The van der Waals surface area contributed by atoms with Gasteiger partial charge in [-0.1, -0.05) is 18.2 Å². The van der Waals surface area contributed by atoms with E-state index in [0.29, 0.717) is 25.8 Å². The Morgan fingerprint density at radius 3 is 2.61 bits per heavy atom. The topological polar surface area (TPSA) is 104 Å². The standard InChI is InChI=1S/C15H20N2O5S/c18-14(19)9-4-10-16-15(20)13-8-5-11-17(13)23(21,22)12-6-2-1-3-7-12/h1-3,6-7,13H,4-5,8-11H2,(H,16,20)(H,18,19). The third-order valence-corrected chi connectivity index (χ3v) is 5.65. The van der Waals surface area contributed by atoms with Crippen LogP contribution in [0.15, 0.2) is 35.2 Å². The van der Waals surface area contributed by atoms with Crippen LogP contribution in [-0.2, 0) is 19.6 Å². The van der Waals surface area contributed by atoms with Crippen LogP contribution in [0.4, 0.5) is 0 Å². The number of aliphatic carboxylic acids is 1. The number of nitrogens with zero attached hydrogens (tertiary/aromatic N) is 1. The van der Waals surface area contributed by atoms with Crippen molar-refractivity contribution in [3.63, 3.8) is 0 Å². The summed E-state index contributed by atoms with van der Waals surface area (Å²) in [6, 6.07) is 7.30. The van der Waals surface area contributed by atoms with Gasteiger partial charge in [-0.25, -0.2) is 8.42 Å². The second-order valence-electron chi connectivity index (χ2n) is 5.38. The lowest BCUT2D eigenvalue weighted by molar-refractivity contribution is -0.137. The zero-order chi connectivity index (χ0) is 16.9. The molecule has 0 saturated carbocycles. The van der Waals surface area contributed by atoms with Gasteiger partial charge in [0.25, 0.3) is 0 Å². The predicted octanol–water partition coefficient (Wildman–Crippen LogP) is 0.821. The van der Waals surface area contributed by atoms with Gasteiger partial charge >= 0.3 is 5.97 Å². The van der Waals surface area contributed by atoms with Gasteiger partial charge < -0.3 is 10.4 Å². The zero-order valence-electron chi connectivity index (χ0n) is 12.6. The van der Waals surface area contributed by atoms with Crippen LogP contribution >= 0.6 is 0 Å². The highest BCUT2D eigenvalue weighted by atomic mass is 32.2. The van der Waals surface area contributed by atoms with Crippen molar-refractivity contribution in [2.24, 2.45) is 0 Å². The largest absolute Gasteiger partial charge is 0.481 e. The molecular formula is C15H20N2O5S. The van der Waals surface area contributed by atoms with E-state index in [1.54, 1.807) is 18.2 Å². The molecule has 1 atom stereocenters. The van der Waals surface area contributed by atoms with Crippen molar-refractivity contribution in [3.05, 3.63) is 30.3 Å². The second-order valence-corrected chi connectivity index (χ2v) is 7.27. The van der Waals surface area contributed by atoms with Crippen molar-refractivity contribution in [1.82, 2.24) is 9.62 Å². The summed E-state index contributed by atoms with van der Waals surface area (Å²) in [7, 11) is -3.70. The van der Waals surface area contributed by atoms with Gasteiger partial charge in [0, 0.05) is 19.5 Å². The highest BCUT2D eigenvalue weighted by Gasteiger charge is 2.39. The van der Waals surface area contributed by atoms with E-state index in [1.165, 1.54) is 16.4 Å². The highest BCUT2D eigenvalue weighted by Crippen LogP contribution is 2.26. The third-order valence-electron chi connectivity index (χ3n) is 3.72. The van der Waals surface area contributed by atoms with Crippen LogP contribution < -0.4 is 5.32 Å². The summed E-state index contributed by atoms with van der Waals surface area (Å²) in [4.78, 5) is 22.8. The van der Waals surface area contributed by atoms with Crippen molar-refractivity contribution in [2.75, 3.05) is 13.1 Å². The molecule has 0 radical (unpaired) electrons. The number of hydrogen-bond donors (Lipinski definition) is 2. The van der Waals surface area contributed by atoms with Crippen molar-refractivity contribution in [2.45, 2.75) is 36.6 Å². The average Bonchev–Trinajstić information content (AvgIpc) is 3.02. The van der Waals surface area contributed by atoms with Crippen LogP contribution in [0, 0.1) is 0 Å². The van der Waals surface area contributed by atoms with Crippen molar-refractivity contribution >= 4 is 21.9 Å². The summed E-state index contributed by atoms with van der Waals surface area (Å²) in [6.45, 7) is 0.533. The lowest BCUT2D eigenvalue weighted by atomic mass is 10.2. The first-order valence-corrected chi connectivity index (χ1v) is 8.93. The number of benzene rings is 1. The fraction of sp³-hybridized carbons (Fsp3) is 0.467. The van der Waals surface area contributed by atoms with Gasteiger partial charge in [-0.3, -0.25) is 9.59 Å². The Balaban J connectivity index is 2.02. The van der Waals surface area contributed by atoms with Crippen LogP contribution in [0.3, 0.4) is 0 Å². The Labute approximate surface area is 135 Å². The maximum Gasteiger partial charge on any atom is 0.303 e. The maximum atomic E-state index is 12.6. The molecule has 1 fully saturated rings. The van der Waals surface area contributed by atoms with Crippen molar-refractivity contribution in [1.29, 1.82) is 0 Å². The molecule has 8 heteroatoms. The lowest BCUT2D eigenvalue weighted by Crippen LogP contribution is -2.46. The molecule has 1 unspecified atom stereocenters. The summed E-state index contributed by atoms with van der Waals surface area (Å²) in [6.07, 6.45) is 1.38. The van der Waals surface area contributed by atoms with E-state index in [1.807, 2.05) is 0 Å². The molecule has 23 heavy (non-hydrogen) atoms. The molecule has 7 nitrogen and oxygen atoms in total. The van der Waals surface area contributed by atoms with Gasteiger partial charge in [0.05, 0.1) is 4.90 Å². The van der Waals surface area contributed by atoms with E-state index in [0.717, 1.165) is 0 Å². The summed E-state index contributed by atoms with van der Waals surface area (Å²) < 4.78 is 26.5. The maximum absolute atomic E-state index is 12.6. The quantitative estimate of drug-likeness (QED) is 0.715. The first kappa shape index (κ1) is 17.4. The SMILES string of the molecule is O=C(O)CCCNC(=O)C1CCCN1S(=O)(=O)c1ccccc1. The van der Waals surface area contributed by atoms with E-state index in [2.05, 4.69) is 5.32 Å². The number of carboxylic acids is 1. The number of rotatable bonds is 7. The van der Waals surface area contributed by atoms with Gasteiger partial charge in [-0.15, -0.1) is 0 Å². The molecule has 1 aromatic rings. The van der Waals surface area contributed by atoms with E-state index < -0.39 is 22.0 Å². The van der Waals surface area contributed by atoms with Crippen molar-refractivity contribution in [3.8, 4) is 0 Å². The van der Waals surface area contributed by atoms with Crippen molar-refractivity contribution < 1.29 is 23.1 Å². The molecule has 0 spiro atoms. The first-order valence-electron chi connectivity index (χ1n) is 7.49. The fourth-order valence-corrected chi connectivity index (χ4v) is 4.26. The third kappa shape index (κ3) is 4.29. The molecule has 1 aliphatic rings. The molecule has 126 valence electrons. The Bertz CT molecular complexity index is 660. The van der Waals surface area contributed by atoms with Crippen LogP contribution in [0.25, 0.3) is 0 Å². The molecule has 1 aliphatic heterocycles. The summed E-state index contributed by atoms with van der Waals surface area (Å²) in [5, 5.41) is 11.2. The Morgan fingerprint density at radius 1 is 1.26 bits per heavy atom. The van der Waals surface area contributed by atoms with Crippen LogP contribution in [0.2, 0.25) is 0 Å². The predicted molar refractivity (Wildman–Crippen MR) is 83.2 cm³/mol. The van der Waals surface area contributed by atoms with Crippen LogP contribution in [0.1, 0.15) is 25.7 Å². The van der Waals surface area contributed by atoms with Gasteiger partial charge in [-0.05, 0) is 31.4 Å². The molecule has 0 aliphatic carbocycles. The number of sulfonamides is 1. The van der Waals surface area contributed by atoms with Gasteiger partial charge in [0.15, 0.2) is 0 Å². The normalized spacial score (nSPS) is 18.7. The van der Waals surface area contributed by atoms with Gasteiger partial charge in [0.1, 0.15) is 6.04 Å². The number of nitrogens with one attached hydrogen (secondary N) is 1. The molecule has 1 amide bonds. The van der Waals surface area contributed by atoms with Crippen LogP contribution in [-0.4, -0.2) is 48.8 Å². The Hall–Kier alpha value is -1.93. The first-order chi connectivity index (χ1) is 10.9. The highest BCUT2D eigenvalue weighted by molar-refractivity contribution is 7.89. The summed E-state index contributed by atoms with van der Waals surface area (Å²) in [5.74, 6) is -1.29. The Morgan fingerprint density at radius 2 is 1.96 bits per heavy atom. The second kappa shape index (κ2) is 7.56. The van der Waals surface area contributed by atoms with E-state index in [9.17, 15) is 18.0 Å². The number of carbonyl (C=O) groups excluding carboxylic acids is 1. The van der Waals surface area contributed by atoms with Crippen LogP contribution in [0.5, 0.6) is 0 Å². The monoisotopic (exact) mass is 340 g/mol. The van der Waals surface area contributed by atoms with E-state index in [-0.39, 0.29) is 23.8 Å². The molecule has 0 aromatic heterocycles. The van der Waals surface area contributed by atoms with Gasteiger partial charge in [-0.2, -0.15) is 4.31 Å². The lowest BCUT2D eigenvalue weighted by Gasteiger charge is -2.23. The minimum absolute atomic E-state index is 0.0308. The number of carboxylic acid groups (broad SMARTS) is 1. The molecule has 2 rings (SSSR count). The minimum atomic E-state index is -3.70. The molecular weight excluding hydrogens is 320 g/mol. The number of amides is 1. The molecule has 2 N–H and O–H groups in total. The number of hydrogen-bond acceptors (Lipinski definition) is 4. The van der Waals surface area contributed by atoms with E-state index in [4.69, 9.17) is 5.11 Å². The van der Waals surface area contributed by atoms with E-state index >= 15 is 0 Å². The minimum Gasteiger partial charge on any atom is -0.481 e.